The molecule has 0 aliphatic heterocycles. The van der Waals surface area contributed by atoms with E-state index in [1.165, 1.54) is 18.1 Å². The fourth-order valence-electron chi connectivity index (χ4n) is 2.08. The van der Waals surface area contributed by atoms with Crippen molar-refractivity contribution in [2.45, 2.75) is 58.2 Å². The van der Waals surface area contributed by atoms with Crippen molar-refractivity contribution in [3.05, 3.63) is 24.3 Å². The van der Waals surface area contributed by atoms with Gasteiger partial charge in [0.15, 0.2) is 0 Å². The molecule has 0 radical (unpaired) electrons. The second-order valence-corrected chi connectivity index (χ2v) is 5.56. The Balaban J connectivity index is 0.000000354. The van der Waals surface area contributed by atoms with E-state index in [1.807, 2.05) is 0 Å². The molecule has 0 saturated heterocycles. The van der Waals surface area contributed by atoms with E-state index in [1.54, 1.807) is 0 Å². The summed E-state index contributed by atoms with van der Waals surface area (Å²) >= 11 is 0. The Hall–Kier alpha value is -1.72. The average molecular weight is 322 g/mol. The molecule has 2 aliphatic rings. The fraction of sp³-hybridized carbons (Fsp3) is 0.556. The zero-order valence-electron chi connectivity index (χ0n) is 13.9. The number of ketones is 1. The maximum absolute atomic E-state index is 11.4. The highest BCUT2D eigenvalue weighted by Gasteiger charge is 2.42. The van der Waals surface area contributed by atoms with Crippen molar-refractivity contribution in [3.63, 3.8) is 0 Å². The monoisotopic (exact) mass is 322 g/mol. The lowest BCUT2D eigenvalue weighted by molar-refractivity contribution is -0.208. The summed E-state index contributed by atoms with van der Waals surface area (Å²) in [7, 11) is 0. The van der Waals surface area contributed by atoms with Crippen LogP contribution in [-0.4, -0.2) is 34.4 Å². The highest BCUT2D eigenvalue weighted by atomic mass is 16.6. The van der Waals surface area contributed by atoms with Crippen LogP contribution in [0, 0.1) is 0 Å². The van der Waals surface area contributed by atoms with Crippen molar-refractivity contribution < 1.29 is 24.5 Å². The van der Waals surface area contributed by atoms with Crippen LogP contribution in [0.15, 0.2) is 24.3 Å². The van der Waals surface area contributed by atoms with Crippen molar-refractivity contribution >= 4 is 11.8 Å². The third-order valence-electron chi connectivity index (χ3n) is 3.57. The quantitative estimate of drug-likeness (QED) is 0.321. The number of rotatable bonds is 9. The maximum atomic E-state index is 11.4. The molecule has 2 rings (SSSR count). The van der Waals surface area contributed by atoms with E-state index >= 15 is 0 Å². The fourth-order valence-corrected chi connectivity index (χ4v) is 2.08. The van der Waals surface area contributed by atoms with Gasteiger partial charge in [-0.25, -0.2) is 4.79 Å². The zero-order chi connectivity index (χ0) is 17.3. The summed E-state index contributed by atoms with van der Waals surface area (Å²) in [5, 5.41) is 18.6. The normalized spacial score (nSPS) is 11.3. The van der Waals surface area contributed by atoms with Gasteiger partial charge in [-0.15, -0.1) is 0 Å². The Kier molecular flexibility index (Phi) is 7.92. The van der Waals surface area contributed by atoms with Crippen molar-refractivity contribution in [3.8, 4) is 11.1 Å². The number of carbonyl (C=O) groups is 2. The number of ether oxygens (including phenoxy) is 1. The predicted molar refractivity (Wildman–Crippen MR) is 87.6 cm³/mol. The van der Waals surface area contributed by atoms with Crippen LogP contribution < -0.4 is 0 Å². The van der Waals surface area contributed by atoms with Crippen molar-refractivity contribution in [1.82, 2.24) is 0 Å². The second kappa shape index (κ2) is 9.43. The first-order valence-electron chi connectivity index (χ1n) is 8.19. The smallest absolute Gasteiger partial charge is 0.374 e. The van der Waals surface area contributed by atoms with E-state index in [-0.39, 0.29) is 13.0 Å². The zero-order valence-corrected chi connectivity index (χ0v) is 13.9. The Morgan fingerprint density at radius 1 is 1.04 bits per heavy atom. The minimum atomic E-state index is -2.99. The van der Waals surface area contributed by atoms with E-state index in [4.69, 9.17) is 0 Å². The third-order valence-corrected chi connectivity index (χ3v) is 3.57. The van der Waals surface area contributed by atoms with Gasteiger partial charge in [0.1, 0.15) is 0 Å². The molecule has 5 heteroatoms. The van der Waals surface area contributed by atoms with Crippen LogP contribution in [-0.2, 0) is 14.3 Å². The van der Waals surface area contributed by atoms with Gasteiger partial charge in [-0.1, -0.05) is 50.8 Å². The van der Waals surface area contributed by atoms with Crippen LogP contribution in [0.5, 0.6) is 0 Å². The first-order chi connectivity index (χ1) is 10.9. The van der Waals surface area contributed by atoms with Crippen LogP contribution >= 0.6 is 0 Å². The average Bonchev–Trinajstić information content (AvgIpc) is 3.13. The first kappa shape index (κ1) is 19.3. The molecule has 0 aromatic carbocycles. The molecule has 0 saturated carbocycles. The second-order valence-electron chi connectivity index (χ2n) is 5.56. The summed E-state index contributed by atoms with van der Waals surface area (Å²) in [4.78, 5) is 22.5. The highest BCUT2D eigenvalue weighted by Crippen LogP contribution is 2.32. The van der Waals surface area contributed by atoms with Gasteiger partial charge in [0.05, 0.1) is 6.61 Å². The first-order valence-corrected chi connectivity index (χ1v) is 8.19. The minimum absolute atomic E-state index is 0.00544. The summed E-state index contributed by atoms with van der Waals surface area (Å²) in [5.41, 5.74) is 2.85. The van der Waals surface area contributed by atoms with Gasteiger partial charge in [-0.2, -0.15) is 0 Å². The number of esters is 1. The molecule has 128 valence electrons. The maximum Gasteiger partial charge on any atom is 0.374 e. The molecule has 0 bridgehead atoms. The molecule has 0 heterocycles. The Labute approximate surface area is 137 Å². The SMILES string of the molecule is CCCCCCCC(=O)C(O)(O)C(=O)OCC.c1cc2cc-2c1. The van der Waals surface area contributed by atoms with E-state index in [0.29, 0.717) is 6.42 Å². The van der Waals surface area contributed by atoms with Crippen molar-refractivity contribution in [2.75, 3.05) is 6.61 Å². The molecule has 0 unspecified atom stereocenters. The van der Waals surface area contributed by atoms with Crippen LogP contribution in [0.4, 0.5) is 0 Å². The van der Waals surface area contributed by atoms with E-state index in [2.05, 4.69) is 35.9 Å². The van der Waals surface area contributed by atoms with Gasteiger partial charge in [0, 0.05) is 6.42 Å². The van der Waals surface area contributed by atoms with Crippen molar-refractivity contribution in [1.29, 1.82) is 0 Å². The highest BCUT2D eigenvalue weighted by molar-refractivity contribution is 6.04. The Bertz CT molecular complexity index is 505. The number of aliphatic hydroxyl groups is 2. The molecule has 0 spiro atoms. The molecule has 5 nitrogen and oxygen atoms in total. The molecule has 23 heavy (non-hydrogen) atoms. The van der Waals surface area contributed by atoms with Gasteiger partial charge < -0.3 is 14.9 Å². The minimum Gasteiger partial charge on any atom is -0.462 e. The summed E-state index contributed by atoms with van der Waals surface area (Å²) in [6, 6.07) is 8.48. The van der Waals surface area contributed by atoms with Crippen LogP contribution in [0.3, 0.4) is 0 Å². The number of hydrogen-bond acceptors (Lipinski definition) is 5. The molecule has 0 atom stereocenters. The summed E-state index contributed by atoms with van der Waals surface area (Å²) in [5.74, 6) is -5.17. The molecule has 2 aliphatic carbocycles. The summed E-state index contributed by atoms with van der Waals surface area (Å²) in [6.07, 6.45) is 4.58. The topological polar surface area (TPSA) is 83.8 Å². The van der Waals surface area contributed by atoms with Crippen LogP contribution in [0.25, 0.3) is 11.1 Å². The lowest BCUT2D eigenvalue weighted by Crippen LogP contribution is -2.47. The predicted octanol–water partition coefficient (Wildman–Crippen LogP) is 2.83. The van der Waals surface area contributed by atoms with Crippen molar-refractivity contribution in [2.24, 2.45) is 0 Å². The Morgan fingerprint density at radius 2 is 1.65 bits per heavy atom. The number of fused-ring (bicyclic) bond motifs is 1. The van der Waals surface area contributed by atoms with Gasteiger partial charge in [0.2, 0.25) is 5.78 Å². The van der Waals surface area contributed by atoms with E-state index in [9.17, 15) is 19.8 Å². The number of hydrogen-bond donors (Lipinski definition) is 2. The number of unbranched alkanes of at least 4 members (excludes halogenated alkanes) is 4. The number of carbonyl (C=O) groups excluding carboxylic acids is 2. The molecule has 0 aromatic heterocycles. The molecular formula is C18H26O5. The van der Waals surface area contributed by atoms with Gasteiger partial charge in [-0.3, -0.25) is 4.79 Å². The standard InChI is InChI=1S/C12H22O5.C6H4/c1-3-5-6-7-8-9-10(13)12(15,16)11(14)17-4-2;1-2-5-4-6(5)3-1/h15-16H,3-9H2,1-2H3;1-4H. The van der Waals surface area contributed by atoms with Gasteiger partial charge in [0.25, 0.3) is 0 Å². The molecule has 2 N–H and O–H groups in total. The number of benzene rings is 1. The largest absolute Gasteiger partial charge is 0.462 e. The molecular weight excluding hydrogens is 296 g/mol. The number of Topliss-reactive ketones (excluding diaryl/α,β-unsaturated/α-hetero) is 1. The van der Waals surface area contributed by atoms with Gasteiger partial charge in [-0.05, 0) is 30.5 Å². The molecule has 0 amide bonds. The third kappa shape index (κ3) is 6.50. The van der Waals surface area contributed by atoms with Crippen LogP contribution in [0.1, 0.15) is 52.4 Å². The Morgan fingerprint density at radius 3 is 2.09 bits per heavy atom. The molecule has 0 fully saturated rings. The van der Waals surface area contributed by atoms with E-state index < -0.39 is 17.5 Å². The van der Waals surface area contributed by atoms with Gasteiger partial charge >= 0.3 is 11.8 Å². The van der Waals surface area contributed by atoms with Crippen LogP contribution in [0.2, 0.25) is 0 Å². The lowest BCUT2D eigenvalue weighted by Gasteiger charge is -2.17. The molecule has 0 aromatic rings. The van der Waals surface area contributed by atoms with E-state index in [0.717, 1.165) is 25.7 Å². The summed E-state index contributed by atoms with van der Waals surface area (Å²) in [6.45, 7) is 3.62. The summed E-state index contributed by atoms with van der Waals surface area (Å²) < 4.78 is 4.41. The lowest BCUT2D eigenvalue weighted by atomic mass is 10.0.